The molecule has 7 heteroatoms. The minimum absolute atomic E-state index is 0.291. The summed E-state index contributed by atoms with van der Waals surface area (Å²) in [6.07, 6.45) is 7.80. The van der Waals surface area contributed by atoms with Crippen LogP contribution in [0.25, 0.3) is 0 Å². The third kappa shape index (κ3) is 3.07. The van der Waals surface area contributed by atoms with E-state index >= 15 is 0 Å². The quantitative estimate of drug-likeness (QED) is 0.787. The highest BCUT2D eigenvalue weighted by Crippen LogP contribution is 2.22. The summed E-state index contributed by atoms with van der Waals surface area (Å²) in [5.41, 5.74) is 5.57. The predicted octanol–water partition coefficient (Wildman–Crippen LogP) is 1.41. The molecule has 0 aliphatic heterocycles. The molecule has 90 valence electrons. The Hall–Kier alpha value is -1.82. The number of rotatable bonds is 5. The average molecular weight is 253 g/mol. The molecule has 0 bridgehead atoms. The highest BCUT2D eigenvalue weighted by molar-refractivity contribution is 6.35. The summed E-state index contributed by atoms with van der Waals surface area (Å²) in [6, 6.07) is 0. The van der Waals surface area contributed by atoms with E-state index in [1.807, 2.05) is 10.8 Å². The molecule has 17 heavy (non-hydrogen) atoms. The Kier molecular flexibility index (Phi) is 3.77. The van der Waals surface area contributed by atoms with Crippen LogP contribution in [0.3, 0.4) is 0 Å². The lowest BCUT2D eigenvalue weighted by molar-refractivity contribution is 0.660. The first-order chi connectivity index (χ1) is 8.27. The van der Waals surface area contributed by atoms with E-state index in [9.17, 15) is 0 Å². The average Bonchev–Trinajstić information content (AvgIpc) is 2.83. The van der Waals surface area contributed by atoms with Gasteiger partial charge in [0.25, 0.3) is 0 Å². The van der Waals surface area contributed by atoms with Gasteiger partial charge in [0.2, 0.25) is 0 Å². The van der Waals surface area contributed by atoms with Crippen LogP contribution in [0, 0.1) is 0 Å². The van der Waals surface area contributed by atoms with Crippen molar-refractivity contribution >= 4 is 23.2 Å². The molecule has 0 atom stereocenters. The van der Waals surface area contributed by atoms with Crippen molar-refractivity contribution in [1.29, 1.82) is 0 Å². The molecule has 0 fully saturated rings. The Morgan fingerprint density at radius 1 is 1.41 bits per heavy atom. The zero-order valence-electron chi connectivity index (χ0n) is 9.17. The molecule has 0 aliphatic carbocycles. The standard InChI is InChI=1S/C10H13ClN6/c11-8-9(12)15-6-16-10(8)14-2-1-4-17-5-3-13-7-17/h3,5-7H,1-2,4H2,(H3,12,14,15,16). The number of anilines is 2. The van der Waals surface area contributed by atoms with E-state index in [0.717, 1.165) is 19.5 Å². The van der Waals surface area contributed by atoms with Crippen molar-refractivity contribution in [2.75, 3.05) is 17.6 Å². The van der Waals surface area contributed by atoms with Crippen molar-refractivity contribution in [2.45, 2.75) is 13.0 Å². The third-order valence-corrected chi connectivity index (χ3v) is 2.63. The molecule has 0 aliphatic rings. The van der Waals surface area contributed by atoms with E-state index < -0.39 is 0 Å². The lowest BCUT2D eigenvalue weighted by Crippen LogP contribution is -2.08. The molecule has 0 radical (unpaired) electrons. The summed E-state index contributed by atoms with van der Waals surface area (Å²) in [5.74, 6) is 0.864. The smallest absolute Gasteiger partial charge is 0.150 e. The van der Waals surface area contributed by atoms with Crippen LogP contribution in [0.2, 0.25) is 5.02 Å². The van der Waals surface area contributed by atoms with Gasteiger partial charge in [0.15, 0.2) is 0 Å². The van der Waals surface area contributed by atoms with Gasteiger partial charge in [-0.05, 0) is 6.42 Å². The SMILES string of the molecule is Nc1ncnc(NCCCn2ccnc2)c1Cl. The van der Waals surface area contributed by atoms with Crippen molar-refractivity contribution in [3.05, 3.63) is 30.1 Å². The van der Waals surface area contributed by atoms with Crippen LogP contribution >= 0.6 is 11.6 Å². The Morgan fingerprint density at radius 2 is 2.29 bits per heavy atom. The molecule has 6 nitrogen and oxygen atoms in total. The van der Waals surface area contributed by atoms with E-state index in [2.05, 4.69) is 20.3 Å². The highest BCUT2D eigenvalue weighted by Gasteiger charge is 2.04. The second-order valence-electron chi connectivity index (χ2n) is 3.50. The number of hydrogen-bond acceptors (Lipinski definition) is 5. The fourth-order valence-electron chi connectivity index (χ4n) is 1.39. The van der Waals surface area contributed by atoms with Crippen LogP contribution in [0.1, 0.15) is 6.42 Å². The van der Waals surface area contributed by atoms with Crippen LogP contribution in [-0.2, 0) is 6.54 Å². The molecule has 0 spiro atoms. The molecular weight excluding hydrogens is 240 g/mol. The van der Waals surface area contributed by atoms with Gasteiger partial charge in [-0.2, -0.15) is 0 Å². The Balaban J connectivity index is 1.80. The van der Waals surface area contributed by atoms with Crippen molar-refractivity contribution < 1.29 is 0 Å². The number of aromatic nitrogens is 4. The number of nitrogens with one attached hydrogen (secondary N) is 1. The van der Waals surface area contributed by atoms with Gasteiger partial charge in [-0.1, -0.05) is 11.6 Å². The lowest BCUT2D eigenvalue weighted by atomic mass is 10.4. The lowest BCUT2D eigenvalue weighted by Gasteiger charge is -2.08. The summed E-state index contributed by atoms with van der Waals surface area (Å²) in [4.78, 5) is 11.8. The number of nitrogens with zero attached hydrogens (tertiary/aromatic N) is 4. The fourth-order valence-corrected chi connectivity index (χ4v) is 1.56. The van der Waals surface area contributed by atoms with Gasteiger partial charge in [0.1, 0.15) is 23.0 Å². The van der Waals surface area contributed by atoms with E-state index in [0.29, 0.717) is 16.7 Å². The first kappa shape index (κ1) is 11.7. The van der Waals surface area contributed by atoms with E-state index in [1.54, 1.807) is 12.5 Å². The molecule has 2 aromatic heterocycles. The van der Waals surface area contributed by atoms with E-state index in [-0.39, 0.29) is 0 Å². The molecule has 2 heterocycles. The van der Waals surface area contributed by atoms with Crippen molar-refractivity contribution in [3.8, 4) is 0 Å². The summed E-state index contributed by atoms with van der Waals surface area (Å²) in [5, 5.41) is 3.49. The van der Waals surface area contributed by atoms with Crippen LogP contribution in [-0.4, -0.2) is 26.1 Å². The van der Waals surface area contributed by atoms with Crippen molar-refractivity contribution in [3.63, 3.8) is 0 Å². The Morgan fingerprint density at radius 3 is 3.06 bits per heavy atom. The van der Waals surface area contributed by atoms with E-state index in [1.165, 1.54) is 6.33 Å². The predicted molar refractivity (Wildman–Crippen MR) is 66.8 cm³/mol. The number of imidazole rings is 1. The van der Waals surface area contributed by atoms with Gasteiger partial charge in [-0.3, -0.25) is 0 Å². The van der Waals surface area contributed by atoms with Gasteiger partial charge in [0, 0.05) is 25.5 Å². The zero-order chi connectivity index (χ0) is 12.1. The summed E-state index contributed by atoms with van der Waals surface area (Å²) in [7, 11) is 0. The van der Waals surface area contributed by atoms with Gasteiger partial charge in [-0.15, -0.1) is 0 Å². The normalized spacial score (nSPS) is 10.4. The monoisotopic (exact) mass is 252 g/mol. The van der Waals surface area contributed by atoms with Crippen molar-refractivity contribution in [1.82, 2.24) is 19.5 Å². The van der Waals surface area contributed by atoms with Gasteiger partial charge in [-0.25, -0.2) is 15.0 Å². The first-order valence-electron chi connectivity index (χ1n) is 5.23. The van der Waals surface area contributed by atoms with Crippen LogP contribution in [0.4, 0.5) is 11.6 Å². The molecule has 0 aromatic carbocycles. The number of hydrogen-bond donors (Lipinski definition) is 2. The van der Waals surface area contributed by atoms with Crippen molar-refractivity contribution in [2.24, 2.45) is 0 Å². The highest BCUT2D eigenvalue weighted by atomic mass is 35.5. The fraction of sp³-hybridized carbons (Fsp3) is 0.300. The maximum absolute atomic E-state index is 5.94. The number of nitrogens with two attached hydrogens (primary N) is 1. The molecular formula is C10H13ClN6. The Labute approximate surface area is 104 Å². The minimum atomic E-state index is 0.291. The molecule has 0 amide bonds. The van der Waals surface area contributed by atoms with Crippen LogP contribution < -0.4 is 11.1 Å². The molecule has 0 unspecified atom stereocenters. The van der Waals surface area contributed by atoms with Gasteiger partial charge in [0.05, 0.1) is 6.33 Å². The molecule has 2 rings (SSSR count). The maximum atomic E-state index is 5.94. The molecule has 2 aromatic rings. The summed E-state index contributed by atoms with van der Waals surface area (Å²) in [6.45, 7) is 1.65. The number of nitrogen functional groups attached to an aromatic ring is 1. The molecule has 0 saturated carbocycles. The molecule has 0 saturated heterocycles. The van der Waals surface area contributed by atoms with Crippen LogP contribution in [0.15, 0.2) is 25.0 Å². The number of aryl methyl sites for hydroxylation is 1. The molecule has 3 N–H and O–H groups in total. The minimum Gasteiger partial charge on any atom is -0.382 e. The van der Waals surface area contributed by atoms with Gasteiger partial charge < -0.3 is 15.6 Å². The summed E-state index contributed by atoms with van der Waals surface area (Å²) < 4.78 is 2.01. The largest absolute Gasteiger partial charge is 0.382 e. The zero-order valence-corrected chi connectivity index (χ0v) is 9.93. The second kappa shape index (κ2) is 5.49. The first-order valence-corrected chi connectivity index (χ1v) is 5.61. The number of halogens is 1. The van der Waals surface area contributed by atoms with Crippen LogP contribution in [0.5, 0.6) is 0 Å². The van der Waals surface area contributed by atoms with Gasteiger partial charge >= 0.3 is 0 Å². The summed E-state index contributed by atoms with van der Waals surface area (Å²) >= 11 is 5.94. The third-order valence-electron chi connectivity index (χ3n) is 2.26. The Bertz CT molecular complexity index is 470. The maximum Gasteiger partial charge on any atom is 0.150 e. The topological polar surface area (TPSA) is 81.6 Å². The van der Waals surface area contributed by atoms with E-state index in [4.69, 9.17) is 17.3 Å². The second-order valence-corrected chi connectivity index (χ2v) is 3.88.